The summed E-state index contributed by atoms with van der Waals surface area (Å²) < 4.78 is 30.5. The van der Waals surface area contributed by atoms with Crippen LogP contribution in [0.2, 0.25) is 0 Å². The van der Waals surface area contributed by atoms with Crippen molar-refractivity contribution in [3.63, 3.8) is 0 Å². The highest BCUT2D eigenvalue weighted by Crippen LogP contribution is 2.63. The molecule has 4 aliphatic carbocycles. The van der Waals surface area contributed by atoms with E-state index >= 15 is 0 Å². The van der Waals surface area contributed by atoms with Gasteiger partial charge in [-0.05, 0) is 57.8 Å². The highest BCUT2D eigenvalue weighted by Gasteiger charge is 2.66. The quantitative estimate of drug-likeness (QED) is 0.170. The summed E-state index contributed by atoms with van der Waals surface area (Å²) >= 11 is 0. The molecule has 0 N–H and O–H groups in total. The topological polar surface area (TPSA) is 63.2 Å². The lowest BCUT2D eigenvalue weighted by atomic mass is 9.50. The standard InChI is InChI=1S/C30H48O6/c1-23(2)25(31)36-30-15-24-13-28(17-30,34-11-7-5-9-26(3)19-32-20-26)16-29(14-24,18-30)35-12-8-6-10-27(4)21-33-22-27/h24H,1,5-22H2,2-4H3. The molecule has 2 atom stereocenters. The Labute approximate surface area is 217 Å². The molecule has 0 aromatic heterocycles. The van der Waals surface area contributed by atoms with Crippen LogP contribution in [-0.2, 0) is 28.5 Å². The zero-order chi connectivity index (χ0) is 25.5. The van der Waals surface area contributed by atoms with Crippen molar-refractivity contribution >= 4 is 5.97 Å². The second-order valence-corrected chi connectivity index (χ2v) is 13.9. The fourth-order valence-corrected chi connectivity index (χ4v) is 7.97. The minimum absolute atomic E-state index is 0.241. The third-order valence-electron chi connectivity index (χ3n) is 9.54. The first-order chi connectivity index (χ1) is 17.1. The molecule has 36 heavy (non-hydrogen) atoms. The Morgan fingerprint density at radius 3 is 1.64 bits per heavy atom. The maximum absolute atomic E-state index is 12.7. The number of esters is 1. The first kappa shape index (κ1) is 26.6. The van der Waals surface area contributed by atoms with E-state index in [4.69, 9.17) is 23.7 Å². The average Bonchev–Trinajstić information content (AvgIpc) is 2.74. The second-order valence-electron chi connectivity index (χ2n) is 13.9. The molecule has 6 fully saturated rings. The maximum atomic E-state index is 12.7. The number of rotatable bonds is 14. The lowest BCUT2D eigenvalue weighted by Gasteiger charge is -2.64. The Kier molecular flexibility index (Phi) is 7.39. The van der Waals surface area contributed by atoms with Crippen LogP contribution >= 0.6 is 0 Å². The van der Waals surface area contributed by atoms with Gasteiger partial charge in [-0.15, -0.1) is 0 Å². The number of carbonyl (C=O) groups excluding carboxylic acids is 1. The first-order valence-corrected chi connectivity index (χ1v) is 14.4. The summed E-state index contributed by atoms with van der Waals surface area (Å²) in [4.78, 5) is 12.7. The molecule has 2 unspecified atom stereocenters. The summed E-state index contributed by atoms with van der Waals surface area (Å²) in [5, 5.41) is 0. The molecule has 4 bridgehead atoms. The van der Waals surface area contributed by atoms with E-state index in [-0.39, 0.29) is 17.2 Å². The van der Waals surface area contributed by atoms with Crippen LogP contribution in [0.15, 0.2) is 12.2 Å². The van der Waals surface area contributed by atoms with Gasteiger partial charge < -0.3 is 23.7 Å². The Morgan fingerprint density at radius 2 is 1.22 bits per heavy atom. The Morgan fingerprint density at radius 1 is 0.778 bits per heavy atom. The zero-order valence-corrected chi connectivity index (χ0v) is 23.0. The van der Waals surface area contributed by atoms with Crippen LogP contribution < -0.4 is 0 Å². The van der Waals surface area contributed by atoms with Gasteiger partial charge in [-0.2, -0.15) is 0 Å². The molecule has 0 spiro atoms. The smallest absolute Gasteiger partial charge is 0.333 e. The monoisotopic (exact) mass is 504 g/mol. The summed E-state index contributed by atoms with van der Waals surface area (Å²) in [5.41, 5.74) is 0.232. The van der Waals surface area contributed by atoms with E-state index in [1.165, 1.54) is 25.7 Å². The highest BCUT2D eigenvalue weighted by atomic mass is 16.6. The van der Waals surface area contributed by atoms with Crippen molar-refractivity contribution in [1.82, 2.24) is 0 Å². The normalized spacial score (nSPS) is 37.2. The third-order valence-corrected chi connectivity index (χ3v) is 9.54. The van der Waals surface area contributed by atoms with Crippen LogP contribution in [0.1, 0.15) is 97.8 Å². The van der Waals surface area contributed by atoms with Crippen molar-refractivity contribution in [1.29, 1.82) is 0 Å². The van der Waals surface area contributed by atoms with E-state index in [2.05, 4.69) is 20.4 Å². The van der Waals surface area contributed by atoms with E-state index in [0.29, 0.717) is 22.3 Å². The van der Waals surface area contributed by atoms with Crippen molar-refractivity contribution in [2.45, 2.75) is 115 Å². The number of unbranched alkanes of at least 4 members (excludes halogenated alkanes) is 2. The molecule has 204 valence electrons. The van der Waals surface area contributed by atoms with E-state index in [1.807, 2.05) is 0 Å². The van der Waals surface area contributed by atoms with Crippen molar-refractivity contribution < 1.29 is 28.5 Å². The molecular weight excluding hydrogens is 456 g/mol. The molecule has 6 nitrogen and oxygen atoms in total. The summed E-state index contributed by atoms with van der Waals surface area (Å²) in [7, 11) is 0. The van der Waals surface area contributed by atoms with Gasteiger partial charge in [-0.1, -0.05) is 33.3 Å². The Hall–Kier alpha value is -0.950. The maximum Gasteiger partial charge on any atom is 0.333 e. The lowest BCUT2D eigenvalue weighted by molar-refractivity contribution is -0.284. The number of ether oxygens (including phenoxy) is 5. The number of hydrogen-bond acceptors (Lipinski definition) is 6. The predicted molar refractivity (Wildman–Crippen MR) is 138 cm³/mol. The molecule has 6 heteroatoms. The van der Waals surface area contributed by atoms with Crippen LogP contribution in [0.3, 0.4) is 0 Å². The van der Waals surface area contributed by atoms with Gasteiger partial charge in [0.15, 0.2) is 0 Å². The molecule has 0 amide bonds. The van der Waals surface area contributed by atoms with E-state index in [1.54, 1.807) is 6.92 Å². The van der Waals surface area contributed by atoms with Crippen molar-refractivity contribution in [3.05, 3.63) is 12.2 Å². The first-order valence-electron chi connectivity index (χ1n) is 14.4. The molecular formula is C30H48O6. The minimum Gasteiger partial charge on any atom is -0.455 e. The molecule has 6 aliphatic rings. The number of hydrogen-bond donors (Lipinski definition) is 0. The highest BCUT2D eigenvalue weighted by molar-refractivity contribution is 5.87. The van der Waals surface area contributed by atoms with Crippen LogP contribution in [0.5, 0.6) is 0 Å². The second kappa shape index (κ2) is 9.98. The molecule has 0 radical (unpaired) electrons. The van der Waals surface area contributed by atoms with E-state index in [9.17, 15) is 4.79 Å². The van der Waals surface area contributed by atoms with E-state index in [0.717, 1.165) is 91.0 Å². The predicted octanol–water partition coefficient (Wildman–Crippen LogP) is 5.77. The van der Waals surface area contributed by atoms with Gasteiger partial charge in [0.05, 0.1) is 37.6 Å². The summed E-state index contributed by atoms with van der Waals surface area (Å²) in [5.74, 6) is 0.213. The lowest BCUT2D eigenvalue weighted by Crippen LogP contribution is -2.68. The van der Waals surface area contributed by atoms with Gasteiger partial charge in [0, 0.05) is 48.9 Å². The van der Waals surface area contributed by atoms with Gasteiger partial charge in [0.25, 0.3) is 0 Å². The van der Waals surface area contributed by atoms with E-state index < -0.39 is 5.60 Å². The average molecular weight is 505 g/mol. The molecule has 0 aromatic carbocycles. The summed E-state index contributed by atoms with van der Waals surface area (Å²) in [6.07, 6.45) is 12.4. The molecule has 6 rings (SSSR count). The summed E-state index contributed by atoms with van der Waals surface area (Å²) in [6, 6.07) is 0. The van der Waals surface area contributed by atoms with Gasteiger partial charge in [0.1, 0.15) is 5.60 Å². The van der Waals surface area contributed by atoms with Gasteiger partial charge >= 0.3 is 5.97 Å². The van der Waals surface area contributed by atoms with Crippen LogP contribution in [0, 0.1) is 16.7 Å². The summed E-state index contributed by atoms with van der Waals surface area (Å²) in [6.45, 7) is 15.3. The molecule has 0 aromatic rings. The molecule has 2 heterocycles. The number of carbonyl (C=O) groups is 1. The van der Waals surface area contributed by atoms with Crippen LogP contribution in [0.25, 0.3) is 0 Å². The fraction of sp³-hybridized carbons (Fsp3) is 0.900. The largest absolute Gasteiger partial charge is 0.455 e. The SMILES string of the molecule is C=C(C)C(=O)OC12CC3CC(OCCCCC4(C)COC4)(CC(OCCCCC4(C)COC4)(C3)C1)C2. The van der Waals surface area contributed by atoms with Gasteiger partial charge in [-0.3, -0.25) is 0 Å². The Bertz CT molecular complexity index is 781. The zero-order valence-electron chi connectivity index (χ0n) is 23.0. The fourth-order valence-electron chi connectivity index (χ4n) is 7.97. The molecule has 4 saturated carbocycles. The van der Waals surface area contributed by atoms with Crippen LogP contribution in [-0.4, -0.2) is 62.4 Å². The Balaban J connectivity index is 1.20. The van der Waals surface area contributed by atoms with Gasteiger partial charge in [-0.25, -0.2) is 4.79 Å². The van der Waals surface area contributed by atoms with Gasteiger partial charge in [0.2, 0.25) is 0 Å². The van der Waals surface area contributed by atoms with Crippen molar-refractivity contribution in [2.24, 2.45) is 16.7 Å². The minimum atomic E-state index is -0.483. The molecule has 2 aliphatic heterocycles. The van der Waals surface area contributed by atoms with Crippen LogP contribution in [0.4, 0.5) is 0 Å². The van der Waals surface area contributed by atoms with Crippen molar-refractivity contribution in [2.75, 3.05) is 39.6 Å². The van der Waals surface area contributed by atoms with Crippen molar-refractivity contribution in [3.8, 4) is 0 Å². The third kappa shape index (κ3) is 5.72. The molecule has 2 saturated heterocycles.